The highest BCUT2D eigenvalue weighted by molar-refractivity contribution is 6.41. The second-order valence-electron chi connectivity index (χ2n) is 3.67. The van der Waals surface area contributed by atoms with E-state index in [4.69, 9.17) is 39.2 Å². The van der Waals surface area contributed by atoms with Crippen molar-refractivity contribution < 1.29 is 4.42 Å². The Labute approximate surface area is 114 Å². The Kier molecular flexibility index (Phi) is 3.87. The molecule has 90 valence electrons. The quantitative estimate of drug-likeness (QED) is 0.817. The second-order valence-corrected chi connectivity index (χ2v) is 4.92. The Morgan fingerprint density at radius 3 is 2.35 bits per heavy atom. The summed E-state index contributed by atoms with van der Waals surface area (Å²) < 4.78 is 5.03. The van der Waals surface area contributed by atoms with Crippen LogP contribution < -0.4 is 5.32 Å². The van der Waals surface area contributed by atoms with Gasteiger partial charge in [-0.3, -0.25) is 0 Å². The van der Waals surface area contributed by atoms with E-state index in [-0.39, 0.29) is 6.04 Å². The first kappa shape index (κ1) is 12.6. The summed E-state index contributed by atoms with van der Waals surface area (Å²) in [6.07, 6.45) is 3.30. The molecule has 0 saturated heterocycles. The number of anilines is 1. The summed E-state index contributed by atoms with van der Waals surface area (Å²) in [5, 5.41) is 4.74. The van der Waals surface area contributed by atoms with Crippen molar-refractivity contribution in [3.05, 3.63) is 51.4 Å². The molecule has 0 aliphatic heterocycles. The van der Waals surface area contributed by atoms with Crippen LogP contribution in [0.4, 0.5) is 5.69 Å². The van der Waals surface area contributed by atoms with Crippen LogP contribution in [-0.2, 0) is 0 Å². The van der Waals surface area contributed by atoms with E-state index >= 15 is 0 Å². The van der Waals surface area contributed by atoms with Gasteiger partial charge in [0.25, 0.3) is 0 Å². The molecule has 5 heteroatoms. The van der Waals surface area contributed by atoms with Crippen molar-refractivity contribution in [2.45, 2.75) is 13.0 Å². The number of benzene rings is 1. The van der Waals surface area contributed by atoms with Gasteiger partial charge in [0.1, 0.15) is 0 Å². The molecular formula is C12H10Cl3NO. The van der Waals surface area contributed by atoms with E-state index in [1.165, 1.54) is 0 Å². The summed E-state index contributed by atoms with van der Waals surface area (Å²) in [7, 11) is 0. The molecule has 0 radical (unpaired) electrons. The van der Waals surface area contributed by atoms with Crippen molar-refractivity contribution in [1.29, 1.82) is 0 Å². The molecule has 2 nitrogen and oxygen atoms in total. The van der Waals surface area contributed by atoms with Gasteiger partial charge in [-0.2, -0.15) is 0 Å². The molecule has 2 rings (SSSR count). The number of hydrogen-bond acceptors (Lipinski definition) is 2. The maximum Gasteiger partial charge on any atom is 0.0955 e. The van der Waals surface area contributed by atoms with Crippen LogP contribution in [-0.4, -0.2) is 0 Å². The normalized spacial score (nSPS) is 12.5. The zero-order valence-electron chi connectivity index (χ0n) is 9.01. The minimum atomic E-state index is 0.0462. The van der Waals surface area contributed by atoms with Gasteiger partial charge in [-0.25, -0.2) is 0 Å². The number of nitrogens with one attached hydrogen (secondary N) is 1. The molecule has 1 heterocycles. The highest BCUT2D eigenvalue weighted by Crippen LogP contribution is 2.35. The van der Waals surface area contributed by atoms with Gasteiger partial charge < -0.3 is 9.73 Å². The van der Waals surface area contributed by atoms with Gasteiger partial charge in [0.2, 0.25) is 0 Å². The molecule has 17 heavy (non-hydrogen) atoms. The Morgan fingerprint density at radius 1 is 1.18 bits per heavy atom. The fourth-order valence-corrected chi connectivity index (χ4v) is 2.43. The van der Waals surface area contributed by atoms with Crippen LogP contribution in [0.25, 0.3) is 0 Å². The van der Waals surface area contributed by atoms with Gasteiger partial charge in [0, 0.05) is 10.6 Å². The topological polar surface area (TPSA) is 25.2 Å². The fraction of sp³-hybridized carbons (Fsp3) is 0.167. The highest BCUT2D eigenvalue weighted by atomic mass is 35.5. The van der Waals surface area contributed by atoms with Crippen LogP contribution in [0, 0.1) is 0 Å². The van der Waals surface area contributed by atoms with E-state index in [9.17, 15) is 0 Å². The average molecular weight is 291 g/mol. The van der Waals surface area contributed by atoms with Gasteiger partial charge >= 0.3 is 0 Å². The monoisotopic (exact) mass is 289 g/mol. The maximum atomic E-state index is 6.09. The second kappa shape index (κ2) is 5.21. The molecule has 1 unspecified atom stereocenters. The summed E-state index contributed by atoms with van der Waals surface area (Å²) in [5.41, 5.74) is 1.69. The molecule has 2 aromatic rings. The first-order chi connectivity index (χ1) is 8.08. The van der Waals surface area contributed by atoms with E-state index in [0.717, 1.165) is 5.56 Å². The predicted octanol–water partition coefficient (Wildman–Crippen LogP) is 5.41. The van der Waals surface area contributed by atoms with Crippen molar-refractivity contribution in [2.24, 2.45) is 0 Å². The smallest absolute Gasteiger partial charge is 0.0955 e. The highest BCUT2D eigenvalue weighted by Gasteiger charge is 2.12. The Bertz CT molecular complexity index is 487. The molecule has 1 atom stereocenters. The first-order valence-electron chi connectivity index (χ1n) is 5.01. The molecule has 0 amide bonds. The fourth-order valence-electron chi connectivity index (χ4n) is 1.50. The van der Waals surface area contributed by atoms with Crippen molar-refractivity contribution in [2.75, 3.05) is 5.32 Å². The zero-order chi connectivity index (χ0) is 12.4. The summed E-state index contributed by atoms with van der Waals surface area (Å²) in [4.78, 5) is 0. The van der Waals surface area contributed by atoms with E-state index in [2.05, 4.69) is 5.32 Å². The van der Waals surface area contributed by atoms with Crippen LogP contribution >= 0.6 is 34.8 Å². The molecule has 1 N–H and O–H groups in total. The third kappa shape index (κ3) is 2.89. The average Bonchev–Trinajstić information content (AvgIpc) is 2.76. The van der Waals surface area contributed by atoms with Crippen LogP contribution in [0.3, 0.4) is 0 Å². The van der Waals surface area contributed by atoms with Crippen LogP contribution in [0.15, 0.2) is 35.1 Å². The van der Waals surface area contributed by atoms with E-state index in [1.807, 2.05) is 13.0 Å². The predicted molar refractivity (Wildman–Crippen MR) is 72.2 cm³/mol. The van der Waals surface area contributed by atoms with Gasteiger partial charge in [0.15, 0.2) is 0 Å². The summed E-state index contributed by atoms with van der Waals surface area (Å²) in [6, 6.07) is 5.23. The number of rotatable bonds is 3. The number of hydrogen-bond donors (Lipinski definition) is 1. The largest absolute Gasteiger partial charge is 0.472 e. The zero-order valence-corrected chi connectivity index (χ0v) is 11.3. The molecule has 1 aromatic heterocycles. The molecule has 0 fully saturated rings. The Morgan fingerprint density at radius 2 is 1.82 bits per heavy atom. The molecule has 0 spiro atoms. The molecule has 0 saturated carbocycles. The standard InChI is InChI=1S/C12H10Cl3NO/c1-7(8-2-3-17-6-8)16-12-10(14)4-9(13)5-11(12)15/h2-7,16H,1H3. The summed E-state index contributed by atoms with van der Waals surface area (Å²) in [6.45, 7) is 1.99. The van der Waals surface area contributed by atoms with Crippen molar-refractivity contribution in [1.82, 2.24) is 0 Å². The lowest BCUT2D eigenvalue weighted by atomic mass is 10.1. The third-order valence-corrected chi connectivity index (χ3v) is 3.23. The molecule has 0 aliphatic carbocycles. The lowest BCUT2D eigenvalue weighted by Gasteiger charge is -2.16. The van der Waals surface area contributed by atoms with Crippen molar-refractivity contribution >= 4 is 40.5 Å². The minimum Gasteiger partial charge on any atom is -0.472 e. The lowest BCUT2D eigenvalue weighted by Crippen LogP contribution is -2.06. The Hall–Kier alpha value is -0.830. The Balaban J connectivity index is 2.25. The van der Waals surface area contributed by atoms with E-state index in [0.29, 0.717) is 20.8 Å². The van der Waals surface area contributed by atoms with Crippen molar-refractivity contribution in [3.63, 3.8) is 0 Å². The number of halogens is 3. The molecule has 0 bridgehead atoms. The van der Waals surface area contributed by atoms with Crippen LogP contribution in [0.5, 0.6) is 0 Å². The minimum absolute atomic E-state index is 0.0462. The first-order valence-corrected chi connectivity index (χ1v) is 6.14. The molecule has 0 aliphatic rings. The molecule has 1 aromatic carbocycles. The number of furan rings is 1. The van der Waals surface area contributed by atoms with Crippen molar-refractivity contribution in [3.8, 4) is 0 Å². The SMILES string of the molecule is CC(Nc1c(Cl)cc(Cl)cc1Cl)c1ccoc1. The summed E-state index contributed by atoms with van der Waals surface area (Å²) in [5.74, 6) is 0. The van der Waals surface area contributed by atoms with Crippen LogP contribution in [0.2, 0.25) is 15.1 Å². The van der Waals surface area contributed by atoms with Crippen LogP contribution in [0.1, 0.15) is 18.5 Å². The lowest BCUT2D eigenvalue weighted by molar-refractivity contribution is 0.562. The van der Waals surface area contributed by atoms with Gasteiger partial charge in [-0.1, -0.05) is 34.8 Å². The molecular weight excluding hydrogens is 280 g/mol. The van der Waals surface area contributed by atoms with Gasteiger partial charge in [-0.15, -0.1) is 0 Å². The third-order valence-electron chi connectivity index (χ3n) is 2.41. The maximum absolute atomic E-state index is 6.09. The van der Waals surface area contributed by atoms with E-state index < -0.39 is 0 Å². The van der Waals surface area contributed by atoms with Gasteiger partial charge in [0.05, 0.1) is 34.3 Å². The van der Waals surface area contributed by atoms with E-state index in [1.54, 1.807) is 24.7 Å². The summed E-state index contributed by atoms with van der Waals surface area (Å²) >= 11 is 18.0. The van der Waals surface area contributed by atoms with Gasteiger partial charge in [-0.05, 0) is 25.1 Å².